The summed E-state index contributed by atoms with van der Waals surface area (Å²) in [6.07, 6.45) is 5.10. The molecule has 0 unspecified atom stereocenters. The third-order valence-corrected chi connectivity index (χ3v) is 4.57. The molecule has 3 heteroatoms. The number of hydrogen-bond donors (Lipinski definition) is 0. The van der Waals surface area contributed by atoms with Crippen molar-refractivity contribution >= 4 is 17.5 Å². The summed E-state index contributed by atoms with van der Waals surface area (Å²) in [5.74, 6) is -0.0951. The molecular weight excluding hydrogens is 332 g/mol. The van der Waals surface area contributed by atoms with Crippen LogP contribution in [-0.4, -0.2) is 23.9 Å². The number of allylic oxidation sites excluding steroid dienone is 1. The van der Waals surface area contributed by atoms with Crippen molar-refractivity contribution in [2.75, 3.05) is 18.0 Å². The van der Waals surface area contributed by atoms with Crippen LogP contribution in [0.4, 0.5) is 5.69 Å². The molecule has 0 saturated carbocycles. The van der Waals surface area contributed by atoms with Crippen LogP contribution in [0, 0.1) is 0 Å². The Balaban J connectivity index is 1.80. The summed E-state index contributed by atoms with van der Waals surface area (Å²) in [6.45, 7) is 6.25. The molecule has 3 aromatic rings. The minimum absolute atomic E-state index is 0.0951. The van der Waals surface area contributed by atoms with Crippen LogP contribution in [-0.2, 0) is 0 Å². The maximum Gasteiger partial charge on any atom is 0.204 e. The number of aromatic nitrogens is 1. The van der Waals surface area contributed by atoms with Crippen LogP contribution in [0.2, 0.25) is 0 Å². The van der Waals surface area contributed by atoms with E-state index in [9.17, 15) is 4.79 Å². The third-order valence-electron chi connectivity index (χ3n) is 4.57. The van der Waals surface area contributed by atoms with Gasteiger partial charge in [-0.1, -0.05) is 54.6 Å². The monoisotopic (exact) mass is 356 g/mol. The highest BCUT2D eigenvalue weighted by Gasteiger charge is 2.11. The van der Waals surface area contributed by atoms with Gasteiger partial charge in [-0.15, -0.1) is 0 Å². The highest BCUT2D eigenvalue weighted by molar-refractivity contribution is 6.09. The van der Waals surface area contributed by atoms with Crippen LogP contribution < -0.4 is 4.90 Å². The summed E-state index contributed by atoms with van der Waals surface area (Å²) < 4.78 is 0. The number of rotatable bonds is 7. The quantitative estimate of drug-likeness (QED) is 0.414. The van der Waals surface area contributed by atoms with Crippen molar-refractivity contribution in [2.45, 2.75) is 13.8 Å². The average molecular weight is 356 g/mol. The van der Waals surface area contributed by atoms with Gasteiger partial charge < -0.3 is 4.90 Å². The van der Waals surface area contributed by atoms with E-state index in [0.717, 1.165) is 29.8 Å². The number of carbonyl (C=O) groups excluding carboxylic acids is 1. The fourth-order valence-corrected chi connectivity index (χ4v) is 3.09. The average Bonchev–Trinajstić information content (AvgIpc) is 2.74. The van der Waals surface area contributed by atoms with E-state index in [4.69, 9.17) is 0 Å². The van der Waals surface area contributed by atoms with E-state index in [2.05, 4.69) is 35.9 Å². The van der Waals surface area contributed by atoms with Gasteiger partial charge in [0.25, 0.3) is 0 Å². The molecular formula is C24H24N2O. The first-order valence-electron chi connectivity index (χ1n) is 9.30. The first-order chi connectivity index (χ1) is 13.2. The molecule has 1 aromatic heterocycles. The number of benzene rings is 2. The Hall–Kier alpha value is -3.20. The Kier molecular flexibility index (Phi) is 6.16. The van der Waals surface area contributed by atoms with Gasteiger partial charge in [0, 0.05) is 30.5 Å². The molecule has 0 bridgehead atoms. The zero-order chi connectivity index (χ0) is 19.1. The van der Waals surface area contributed by atoms with Crippen molar-refractivity contribution in [3.8, 4) is 11.1 Å². The van der Waals surface area contributed by atoms with Crippen molar-refractivity contribution in [1.82, 2.24) is 4.98 Å². The fourth-order valence-electron chi connectivity index (χ4n) is 3.09. The molecule has 0 amide bonds. The number of carbonyl (C=O) groups is 1. The molecule has 0 aliphatic heterocycles. The molecule has 3 nitrogen and oxygen atoms in total. The second kappa shape index (κ2) is 8.95. The number of ketones is 1. The molecule has 0 atom stereocenters. The molecule has 0 saturated heterocycles. The van der Waals surface area contributed by atoms with Crippen LogP contribution in [0.15, 0.2) is 79.0 Å². The highest BCUT2D eigenvalue weighted by Crippen LogP contribution is 2.23. The van der Waals surface area contributed by atoms with E-state index < -0.39 is 0 Å². The highest BCUT2D eigenvalue weighted by atomic mass is 16.1. The number of anilines is 1. The van der Waals surface area contributed by atoms with E-state index >= 15 is 0 Å². The van der Waals surface area contributed by atoms with Crippen LogP contribution in [0.5, 0.6) is 0 Å². The van der Waals surface area contributed by atoms with Crippen LogP contribution in [0.3, 0.4) is 0 Å². The molecule has 0 spiro atoms. The first-order valence-corrected chi connectivity index (χ1v) is 9.30. The first kappa shape index (κ1) is 18.6. The molecule has 0 N–H and O–H groups in total. The molecule has 0 radical (unpaired) electrons. The van der Waals surface area contributed by atoms with Gasteiger partial charge in [-0.3, -0.25) is 9.78 Å². The lowest BCUT2D eigenvalue weighted by Gasteiger charge is -2.20. The van der Waals surface area contributed by atoms with E-state index in [1.165, 1.54) is 5.69 Å². The van der Waals surface area contributed by atoms with E-state index in [1.54, 1.807) is 12.3 Å². The van der Waals surface area contributed by atoms with Crippen molar-refractivity contribution in [1.29, 1.82) is 0 Å². The van der Waals surface area contributed by atoms with Crippen molar-refractivity contribution in [2.24, 2.45) is 0 Å². The Morgan fingerprint density at radius 3 is 2.30 bits per heavy atom. The Morgan fingerprint density at radius 2 is 1.63 bits per heavy atom. The zero-order valence-electron chi connectivity index (χ0n) is 15.8. The van der Waals surface area contributed by atoms with E-state index in [1.807, 2.05) is 60.7 Å². The minimum Gasteiger partial charge on any atom is -0.372 e. The fraction of sp³-hybridized carbons (Fsp3) is 0.167. The summed E-state index contributed by atoms with van der Waals surface area (Å²) in [7, 11) is 0. The Morgan fingerprint density at radius 1 is 0.926 bits per heavy atom. The van der Waals surface area contributed by atoms with Gasteiger partial charge in [0.15, 0.2) is 0 Å². The number of nitrogens with zero attached hydrogens (tertiary/aromatic N) is 2. The van der Waals surface area contributed by atoms with Crippen molar-refractivity contribution < 1.29 is 4.79 Å². The van der Waals surface area contributed by atoms with Gasteiger partial charge in [0.1, 0.15) is 5.69 Å². The van der Waals surface area contributed by atoms with Crippen LogP contribution in [0.1, 0.15) is 29.9 Å². The zero-order valence-corrected chi connectivity index (χ0v) is 15.8. The predicted octanol–water partition coefficient (Wildman–Crippen LogP) is 5.49. The topological polar surface area (TPSA) is 33.2 Å². The molecule has 2 aromatic carbocycles. The van der Waals surface area contributed by atoms with E-state index in [0.29, 0.717) is 5.69 Å². The maximum absolute atomic E-state index is 12.7. The van der Waals surface area contributed by atoms with E-state index in [-0.39, 0.29) is 5.78 Å². The normalized spacial score (nSPS) is 10.9. The molecule has 136 valence electrons. The maximum atomic E-state index is 12.7. The van der Waals surface area contributed by atoms with Gasteiger partial charge >= 0.3 is 0 Å². The summed E-state index contributed by atoms with van der Waals surface area (Å²) >= 11 is 0. The lowest BCUT2D eigenvalue weighted by atomic mass is 10.0. The van der Waals surface area contributed by atoms with Gasteiger partial charge in [0.05, 0.1) is 0 Å². The summed E-state index contributed by atoms with van der Waals surface area (Å²) in [6, 6.07) is 21.9. The van der Waals surface area contributed by atoms with Crippen molar-refractivity contribution in [3.63, 3.8) is 0 Å². The van der Waals surface area contributed by atoms with Crippen molar-refractivity contribution in [3.05, 3.63) is 90.3 Å². The third kappa shape index (κ3) is 4.50. The molecule has 3 rings (SSSR count). The van der Waals surface area contributed by atoms with Gasteiger partial charge in [-0.05, 0) is 49.2 Å². The smallest absolute Gasteiger partial charge is 0.204 e. The van der Waals surface area contributed by atoms with Gasteiger partial charge in [0.2, 0.25) is 5.78 Å². The number of pyridine rings is 1. The molecule has 0 fully saturated rings. The number of hydrogen-bond acceptors (Lipinski definition) is 3. The van der Waals surface area contributed by atoms with Crippen LogP contribution >= 0.6 is 0 Å². The van der Waals surface area contributed by atoms with Gasteiger partial charge in [-0.2, -0.15) is 0 Å². The molecule has 27 heavy (non-hydrogen) atoms. The Bertz CT molecular complexity index is 911. The standard InChI is InChI=1S/C24H24N2O/c1-3-26(4-2)21-15-12-19(13-16-21)14-17-23(27)24-22(11-8-18-25-24)20-9-6-5-7-10-20/h5-18H,3-4H2,1-2H3. The second-order valence-corrected chi connectivity index (χ2v) is 6.23. The molecule has 0 aliphatic rings. The minimum atomic E-state index is -0.0951. The Labute approximate surface area is 161 Å². The largest absolute Gasteiger partial charge is 0.372 e. The molecule has 0 aliphatic carbocycles. The lowest BCUT2D eigenvalue weighted by molar-refractivity contribution is 0.104. The summed E-state index contributed by atoms with van der Waals surface area (Å²) in [4.78, 5) is 19.3. The molecule has 1 heterocycles. The summed E-state index contributed by atoms with van der Waals surface area (Å²) in [5, 5.41) is 0. The van der Waals surface area contributed by atoms with Crippen LogP contribution in [0.25, 0.3) is 17.2 Å². The van der Waals surface area contributed by atoms with Gasteiger partial charge in [-0.25, -0.2) is 0 Å². The second-order valence-electron chi connectivity index (χ2n) is 6.23. The summed E-state index contributed by atoms with van der Waals surface area (Å²) in [5.41, 5.74) is 4.51. The SMILES string of the molecule is CCN(CC)c1ccc(C=CC(=O)c2ncccc2-c2ccccc2)cc1. The lowest BCUT2D eigenvalue weighted by Crippen LogP contribution is -2.21. The predicted molar refractivity (Wildman–Crippen MR) is 113 cm³/mol.